The van der Waals surface area contributed by atoms with Crippen LogP contribution in [-0.2, 0) is 19.6 Å². The molecule has 1 atom stereocenters. The molecule has 31 heavy (non-hydrogen) atoms. The molecule has 2 N–H and O–H groups in total. The van der Waals surface area contributed by atoms with Crippen LogP contribution >= 0.6 is 11.8 Å². The fourth-order valence-electron chi connectivity index (χ4n) is 3.70. The zero-order valence-corrected chi connectivity index (χ0v) is 19.1. The van der Waals surface area contributed by atoms with Crippen LogP contribution in [0.2, 0.25) is 0 Å². The highest BCUT2D eigenvalue weighted by molar-refractivity contribution is 8.01. The second-order valence-electron chi connectivity index (χ2n) is 8.07. The van der Waals surface area contributed by atoms with E-state index in [1.54, 1.807) is 23.1 Å². The normalized spacial score (nSPS) is 19.5. The number of likely N-dealkylation sites (tertiary alicyclic amines) is 1. The zero-order chi connectivity index (χ0) is 22.2. The van der Waals surface area contributed by atoms with Gasteiger partial charge in [0.25, 0.3) is 10.0 Å². The molecule has 0 saturated carbocycles. The first-order chi connectivity index (χ1) is 14.7. The van der Waals surface area contributed by atoms with Gasteiger partial charge in [-0.2, -0.15) is 0 Å². The van der Waals surface area contributed by atoms with Crippen LogP contribution in [-0.4, -0.2) is 43.5 Å². The fourth-order valence-corrected chi connectivity index (χ4v) is 5.91. The fraction of sp³-hybridized carbons (Fsp3) is 0.364. The van der Waals surface area contributed by atoms with E-state index in [1.165, 1.54) is 23.9 Å². The van der Waals surface area contributed by atoms with Crippen LogP contribution in [0, 0.1) is 12.8 Å². The summed E-state index contributed by atoms with van der Waals surface area (Å²) in [6.45, 7) is 5.32. The van der Waals surface area contributed by atoms with Crippen LogP contribution in [0.4, 0.5) is 11.4 Å². The number of anilines is 2. The minimum atomic E-state index is -3.82. The largest absolute Gasteiger partial charge is 0.341 e. The van der Waals surface area contributed by atoms with Gasteiger partial charge in [0.2, 0.25) is 11.8 Å². The van der Waals surface area contributed by atoms with Crippen molar-refractivity contribution in [1.82, 2.24) is 4.90 Å². The summed E-state index contributed by atoms with van der Waals surface area (Å²) in [5.74, 6) is -0.00763. The highest BCUT2D eigenvalue weighted by Crippen LogP contribution is 2.38. The lowest BCUT2D eigenvalue weighted by Gasteiger charge is -2.33. The third kappa shape index (κ3) is 4.57. The Kier molecular flexibility index (Phi) is 5.98. The van der Waals surface area contributed by atoms with Crippen LogP contribution < -0.4 is 10.0 Å². The minimum Gasteiger partial charge on any atom is -0.341 e. The maximum Gasteiger partial charge on any atom is 0.261 e. The Bertz CT molecular complexity index is 1130. The van der Waals surface area contributed by atoms with Crippen molar-refractivity contribution in [2.75, 3.05) is 23.1 Å². The molecule has 4 rings (SSSR count). The molecular formula is C22H25N3O4S2. The van der Waals surface area contributed by atoms with E-state index in [0.717, 1.165) is 18.4 Å². The molecule has 0 unspecified atom stereocenters. The molecule has 164 valence electrons. The number of nitrogens with one attached hydrogen (secondary N) is 2. The Morgan fingerprint density at radius 3 is 2.58 bits per heavy atom. The Labute approximate surface area is 186 Å². The van der Waals surface area contributed by atoms with Gasteiger partial charge in [0.1, 0.15) is 0 Å². The lowest BCUT2D eigenvalue weighted by molar-refractivity contribution is -0.135. The molecule has 2 heterocycles. The topological polar surface area (TPSA) is 95.6 Å². The maximum atomic E-state index is 12.9. The van der Waals surface area contributed by atoms with E-state index >= 15 is 0 Å². The third-order valence-electron chi connectivity index (χ3n) is 5.71. The molecule has 0 aliphatic carbocycles. The predicted molar refractivity (Wildman–Crippen MR) is 122 cm³/mol. The van der Waals surface area contributed by atoms with Crippen LogP contribution in [0.3, 0.4) is 0 Å². The van der Waals surface area contributed by atoms with E-state index < -0.39 is 21.2 Å². The quantitative estimate of drug-likeness (QED) is 0.683. The minimum absolute atomic E-state index is 0.0465. The van der Waals surface area contributed by atoms with E-state index in [1.807, 2.05) is 19.1 Å². The summed E-state index contributed by atoms with van der Waals surface area (Å²) in [5, 5.41) is 1.87. The number of sulfonamides is 1. The Morgan fingerprint density at radius 1 is 1.16 bits per heavy atom. The number of rotatable bonds is 4. The number of hydrogen-bond donors (Lipinski definition) is 2. The summed E-state index contributed by atoms with van der Waals surface area (Å²) in [6, 6.07) is 11.7. The SMILES string of the molecule is Cc1ccccc1NS(=O)(=O)c1ccc2c(c1)NC(=O)[C@H](C(=O)N1CCC(C)CC1)S2. The number of carbonyl (C=O) groups excluding carboxylic acids is 2. The zero-order valence-electron chi connectivity index (χ0n) is 17.4. The molecule has 0 aromatic heterocycles. The summed E-state index contributed by atoms with van der Waals surface area (Å²) < 4.78 is 28.3. The molecule has 1 fully saturated rings. The smallest absolute Gasteiger partial charge is 0.261 e. The van der Waals surface area contributed by atoms with Crippen LogP contribution in [0.25, 0.3) is 0 Å². The van der Waals surface area contributed by atoms with Gasteiger partial charge in [-0.1, -0.05) is 25.1 Å². The molecule has 2 aliphatic rings. The summed E-state index contributed by atoms with van der Waals surface area (Å²) in [6.07, 6.45) is 1.88. The van der Waals surface area contributed by atoms with Crippen molar-refractivity contribution < 1.29 is 18.0 Å². The van der Waals surface area contributed by atoms with Gasteiger partial charge in [0.05, 0.1) is 16.3 Å². The first kappa shape index (κ1) is 21.7. The van der Waals surface area contributed by atoms with Gasteiger partial charge in [-0.05, 0) is 55.5 Å². The van der Waals surface area contributed by atoms with Crippen LogP contribution in [0.5, 0.6) is 0 Å². The summed E-state index contributed by atoms with van der Waals surface area (Å²) in [7, 11) is -3.82. The summed E-state index contributed by atoms with van der Waals surface area (Å²) in [5.41, 5.74) is 1.71. The molecule has 2 aromatic rings. The van der Waals surface area contributed by atoms with Gasteiger partial charge in [-0.3, -0.25) is 14.3 Å². The molecule has 9 heteroatoms. The van der Waals surface area contributed by atoms with Gasteiger partial charge >= 0.3 is 0 Å². The first-order valence-corrected chi connectivity index (χ1v) is 12.6. The summed E-state index contributed by atoms with van der Waals surface area (Å²) >= 11 is 1.17. The lowest BCUT2D eigenvalue weighted by Crippen LogP contribution is -2.47. The molecule has 0 radical (unpaired) electrons. The average Bonchev–Trinajstić information content (AvgIpc) is 2.74. The molecule has 2 aromatic carbocycles. The van der Waals surface area contributed by atoms with E-state index in [-0.39, 0.29) is 10.8 Å². The van der Waals surface area contributed by atoms with Gasteiger partial charge < -0.3 is 10.2 Å². The number of piperidine rings is 1. The number of thioether (sulfide) groups is 1. The van der Waals surface area contributed by atoms with Gasteiger partial charge in [0.15, 0.2) is 5.25 Å². The molecule has 0 bridgehead atoms. The number of fused-ring (bicyclic) bond motifs is 1. The standard InChI is InChI=1S/C22H25N3O4S2/c1-14-9-11-25(12-10-14)22(27)20-21(26)23-18-13-16(7-8-19(18)30-20)31(28,29)24-17-6-4-3-5-15(17)2/h3-8,13-14,20,24H,9-12H2,1-2H3,(H,23,26)/t20-/m1/s1. The number of carbonyl (C=O) groups is 2. The Morgan fingerprint density at radius 2 is 1.87 bits per heavy atom. The Hall–Kier alpha value is -2.52. The first-order valence-electron chi connectivity index (χ1n) is 10.2. The molecule has 2 aliphatic heterocycles. The molecule has 7 nitrogen and oxygen atoms in total. The van der Waals surface area contributed by atoms with Gasteiger partial charge in [-0.15, -0.1) is 11.8 Å². The van der Waals surface area contributed by atoms with E-state index in [9.17, 15) is 18.0 Å². The van der Waals surface area contributed by atoms with Crippen molar-refractivity contribution in [3.63, 3.8) is 0 Å². The number of hydrogen-bond acceptors (Lipinski definition) is 5. The van der Waals surface area contributed by atoms with Gasteiger partial charge in [0, 0.05) is 18.0 Å². The Balaban J connectivity index is 1.53. The highest BCUT2D eigenvalue weighted by Gasteiger charge is 2.37. The van der Waals surface area contributed by atoms with Crippen molar-refractivity contribution in [2.24, 2.45) is 5.92 Å². The lowest BCUT2D eigenvalue weighted by atomic mass is 9.99. The van der Waals surface area contributed by atoms with E-state index in [2.05, 4.69) is 17.0 Å². The second-order valence-corrected chi connectivity index (χ2v) is 10.9. The molecule has 0 spiro atoms. The van der Waals surface area contributed by atoms with Crippen molar-refractivity contribution in [1.29, 1.82) is 0 Å². The average molecular weight is 460 g/mol. The van der Waals surface area contributed by atoms with E-state index in [4.69, 9.17) is 0 Å². The van der Waals surface area contributed by atoms with Crippen molar-refractivity contribution in [2.45, 2.75) is 41.7 Å². The number of benzene rings is 2. The molecule has 2 amide bonds. The van der Waals surface area contributed by atoms with E-state index in [0.29, 0.717) is 35.3 Å². The monoisotopic (exact) mass is 459 g/mol. The molecular weight excluding hydrogens is 434 g/mol. The van der Waals surface area contributed by atoms with Crippen LogP contribution in [0.15, 0.2) is 52.3 Å². The summed E-state index contributed by atoms with van der Waals surface area (Å²) in [4.78, 5) is 28.0. The van der Waals surface area contributed by atoms with Crippen molar-refractivity contribution >= 4 is 45.0 Å². The van der Waals surface area contributed by atoms with Crippen LogP contribution in [0.1, 0.15) is 25.3 Å². The maximum absolute atomic E-state index is 12.9. The number of amides is 2. The number of aryl methyl sites for hydroxylation is 1. The highest BCUT2D eigenvalue weighted by atomic mass is 32.2. The number of para-hydroxylation sites is 1. The molecule has 1 saturated heterocycles. The van der Waals surface area contributed by atoms with Crippen molar-refractivity contribution in [3.05, 3.63) is 48.0 Å². The number of nitrogens with zero attached hydrogens (tertiary/aromatic N) is 1. The van der Waals surface area contributed by atoms with Gasteiger partial charge in [-0.25, -0.2) is 8.42 Å². The second kappa shape index (κ2) is 8.55. The van der Waals surface area contributed by atoms with Crippen molar-refractivity contribution in [3.8, 4) is 0 Å². The predicted octanol–water partition coefficient (Wildman–Crippen LogP) is 3.47. The third-order valence-corrected chi connectivity index (χ3v) is 8.34.